The maximum absolute atomic E-state index is 3.44. The first-order valence-corrected chi connectivity index (χ1v) is 14.3. The Hall–Kier alpha value is -0.731. The Morgan fingerprint density at radius 1 is 0.861 bits per heavy atom. The summed E-state index contributed by atoms with van der Waals surface area (Å²) in [6.45, 7) is 22.9. The van der Waals surface area contributed by atoms with Crippen LogP contribution in [0.15, 0.2) is 29.8 Å². The van der Waals surface area contributed by atoms with Gasteiger partial charge in [0.1, 0.15) is 0 Å². The molecule has 1 aliphatic carbocycles. The summed E-state index contributed by atoms with van der Waals surface area (Å²) in [5, 5.41) is 0. The molecule has 204 valence electrons. The van der Waals surface area contributed by atoms with Crippen molar-refractivity contribution < 1.29 is 18.6 Å². The Bertz CT molecular complexity index is 655. The molecule has 2 heterocycles. The normalized spacial score (nSPS) is 19.8. The molecule has 0 N–H and O–H groups in total. The molecule has 4 heteroatoms. The SMILES string of the molecule is CC.CC.CC.CC.CCC1CCCN1C.Cc1c[c-]c(C2=[C-]C=C(C3CCCN3C)C2)cc1.[B].[V+2]. The van der Waals surface area contributed by atoms with Gasteiger partial charge in [-0.05, 0) is 65.3 Å². The van der Waals surface area contributed by atoms with Crippen LogP contribution in [-0.4, -0.2) is 57.5 Å². The van der Waals surface area contributed by atoms with Crippen LogP contribution >= 0.6 is 0 Å². The van der Waals surface area contributed by atoms with Crippen molar-refractivity contribution in [1.82, 2.24) is 9.80 Å². The zero-order chi connectivity index (χ0) is 26.5. The quantitative estimate of drug-likeness (QED) is 0.284. The van der Waals surface area contributed by atoms with E-state index in [0.29, 0.717) is 6.04 Å². The van der Waals surface area contributed by atoms with E-state index < -0.39 is 0 Å². The number of nitrogens with zero attached hydrogens (tertiary/aromatic N) is 2. The van der Waals surface area contributed by atoms with Gasteiger partial charge in [0, 0.05) is 14.5 Å². The summed E-state index contributed by atoms with van der Waals surface area (Å²) in [7, 11) is 4.45. The van der Waals surface area contributed by atoms with Crippen LogP contribution in [0.3, 0.4) is 0 Å². The second kappa shape index (κ2) is 27.3. The van der Waals surface area contributed by atoms with Crippen LogP contribution in [0, 0.1) is 19.1 Å². The van der Waals surface area contributed by atoms with Crippen LogP contribution < -0.4 is 0 Å². The minimum Gasteiger partial charge on any atom is -0.311 e. The molecule has 0 spiro atoms. The molecule has 2 aliphatic heterocycles. The maximum Gasteiger partial charge on any atom is 2.00 e. The Labute approximate surface area is 241 Å². The summed E-state index contributed by atoms with van der Waals surface area (Å²) in [6.07, 6.45) is 13.5. The van der Waals surface area contributed by atoms with Crippen molar-refractivity contribution in [3.63, 3.8) is 0 Å². The van der Waals surface area contributed by atoms with Crippen LogP contribution in [0.5, 0.6) is 0 Å². The van der Waals surface area contributed by atoms with Crippen LogP contribution in [-0.2, 0) is 18.6 Å². The molecule has 2 saturated heterocycles. The predicted molar refractivity (Wildman–Crippen MR) is 162 cm³/mol. The van der Waals surface area contributed by atoms with Gasteiger partial charge >= 0.3 is 18.6 Å². The van der Waals surface area contributed by atoms with Crippen molar-refractivity contribution in [2.45, 2.75) is 120 Å². The Balaban J connectivity index is -0.000000242. The summed E-state index contributed by atoms with van der Waals surface area (Å²) in [5.41, 5.74) is 5.29. The van der Waals surface area contributed by atoms with Gasteiger partial charge in [-0.3, -0.25) is 0 Å². The molecule has 36 heavy (non-hydrogen) atoms. The van der Waals surface area contributed by atoms with E-state index in [2.05, 4.69) is 74.2 Å². The van der Waals surface area contributed by atoms with Crippen molar-refractivity contribution in [2.24, 2.45) is 0 Å². The van der Waals surface area contributed by atoms with E-state index in [1.165, 1.54) is 67.5 Å². The second-order valence-electron chi connectivity index (χ2n) is 8.12. The van der Waals surface area contributed by atoms with Crippen molar-refractivity contribution >= 4 is 14.0 Å². The van der Waals surface area contributed by atoms with Crippen molar-refractivity contribution in [3.8, 4) is 0 Å². The van der Waals surface area contributed by atoms with Gasteiger partial charge < -0.3 is 9.80 Å². The molecule has 0 amide bonds. The van der Waals surface area contributed by atoms with E-state index in [1.54, 1.807) is 0 Å². The molecular weight excluding hydrogens is 474 g/mol. The van der Waals surface area contributed by atoms with Crippen LogP contribution in [0.25, 0.3) is 5.57 Å². The molecule has 0 bridgehead atoms. The zero-order valence-corrected chi connectivity index (χ0v) is 27.4. The third-order valence-electron chi connectivity index (χ3n) is 6.20. The van der Waals surface area contributed by atoms with Gasteiger partial charge in [0.2, 0.25) is 0 Å². The van der Waals surface area contributed by atoms with E-state index in [0.717, 1.165) is 12.5 Å². The molecule has 4 rings (SSSR count). The smallest absolute Gasteiger partial charge is 0.311 e. The standard InChI is InChI=1S/C17H19N.C7H15N.4C2H6.B.V/c1-13-5-7-14(8-6-13)15-9-10-16(12-15)17-4-3-11-18(17)2;1-3-7-5-4-6-8(7)2;4*1-2;;/h5-7,10,17H,3-4,11-12H2,1-2H3;7H,3-6H2,1-2H3;4*1-2H3;;/q-2;;;;;;;+2. The Morgan fingerprint density at radius 2 is 1.42 bits per heavy atom. The first-order valence-electron chi connectivity index (χ1n) is 14.3. The number of likely N-dealkylation sites (N-methyl/N-ethyl adjacent to an activating group) is 1. The molecule has 4 radical (unpaired) electrons. The zero-order valence-electron chi connectivity index (χ0n) is 26.0. The second-order valence-corrected chi connectivity index (χ2v) is 8.12. The average Bonchev–Trinajstić information content (AvgIpc) is 3.66. The molecular formula is C32H58BN2V. The first kappa shape index (κ1) is 42.4. The summed E-state index contributed by atoms with van der Waals surface area (Å²) in [4.78, 5) is 4.93. The summed E-state index contributed by atoms with van der Waals surface area (Å²) in [6, 6.07) is 11.3. The third-order valence-corrected chi connectivity index (χ3v) is 6.20. The fourth-order valence-electron chi connectivity index (χ4n) is 4.44. The number of hydrogen-bond acceptors (Lipinski definition) is 2. The number of likely N-dealkylation sites (tertiary alicyclic amines) is 2. The number of rotatable bonds is 3. The number of hydrogen-bond donors (Lipinski definition) is 0. The minimum atomic E-state index is 0. The molecule has 0 aromatic heterocycles. The molecule has 1 aromatic carbocycles. The van der Waals surface area contributed by atoms with Crippen LogP contribution in [0.2, 0.25) is 0 Å². The van der Waals surface area contributed by atoms with Gasteiger partial charge in [-0.2, -0.15) is 29.8 Å². The molecule has 1 aromatic rings. The van der Waals surface area contributed by atoms with E-state index in [1.807, 2.05) is 55.4 Å². The molecule has 2 atom stereocenters. The minimum absolute atomic E-state index is 0. The monoisotopic (exact) mass is 532 g/mol. The molecule has 2 nitrogen and oxygen atoms in total. The van der Waals surface area contributed by atoms with Crippen molar-refractivity contribution in [3.05, 3.63) is 53.1 Å². The summed E-state index contributed by atoms with van der Waals surface area (Å²) >= 11 is 0. The summed E-state index contributed by atoms with van der Waals surface area (Å²) < 4.78 is 0. The van der Waals surface area contributed by atoms with Gasteiger partial charge in [-0.15, -0.1) is 12.0 Å². The fraction of sp³-hybridized carbons (Fsp3) is 0.688. The van der Waals surface area contributed by atoms with Gasteiger partial charge in [-0.1, -0.05) is 69.2 Å². The van der Waals surface area contributed by atoms with Gasteiger partial charge in [0.05, 0.1) is 0 Å². The van der Waals surface area contributed by atoms with Crippen LogP contribution in [0.4, 0.5) is 0 Å². The van der Waals surface area contributed by atoms with Crippen molar-refractivity contribution in [1.29, 1.82) is 0 Å². The molecule has 0 saturated carbocycles. The van der Waals surface area contributed by atoms with Crippen molar-refractivity contribution in [2.75, 3.05) is 27.2 Å². The van der Waals surface area contributed by atoms with Gasteiger partial charge in [0.15, 0.2) is 0 Å². The van der Waals surface area contributed by atoms with Gasteiger partial charge in [-0.25, -0.2) is 23.3 Å². The molecule has 3 aliphatic rings. The fourth-order valence-corrected chi connectivity index (χ4v) is 4.44. The maximum atomic E-state index is 3.44. The largest absolute Gasteiger partial charge is 2.00 e. The molecule has 2 unspecified atom stereocenters. The van der Waals surface area contributed by atoms with E-state index in [-0.39, 0.29) is 27.0 Å². The number of aryl methyl sites for hydroxylation is 1. The van der Waals surface area contributed by atoms with E-state index >= 15 is 0 Å². The number of benzene rings is 1. The van der Waals surface area contributed by atoms with Gasteiger partial charge in [0.25, 0.3) is 0 Å². The van der Waals surface area contributed by atoms with Crippen LogP contribution in [0.1, 0.15) is 112 Å². The Kier molecular flexibility index (Phi) is 32.1. The third kappa shape index (κ3) is 14.9. The predicted octanol–water partition coefficient (Wildman–Crippen LogP) is 8.62. The van der Waals surface area contributed by atoms with E-state index in [4.69, 9.17) is 0 Å². The summed E-state index contributed by atoms with van der Waals surface area (Å²) in [5.74, 6) is 0. The number of allylic oxidation sites excluding steroid dienone is 3. The Morgan fingerprint density at radius 3 is 1.81 bits per heavy atom. The topological polar surface area (TPSA) is 6.48 Å². The average molecular weight is 533 g/mol. The van der Waals surface area contributed by atoms with E-state index in [9.17, 15) is 0 Å². The molecule has 2 fully saturated rings. The first-order chi connectivity index (χ1) is 16.6.